The van der Waals surface area contributed by atoms with E-state index in [1.165, 1.54) is 0 Å². The van der Waals surface area contributed by atoms with Gasteiger partial charge in [-0.3, -0.25) is 4.57 Å². The molecule has 0 amide bonds. The highest BCUT2D eigenvalue weighted by Gasteiger charge is 2.37. The quantitative estimate of drug-likeness (QED) is 0.485. The molecule has 7 heteroatoms. The zero-order valence-electron chi connectivity index (χ0n) is 13.5. The highest BCUT2D eigenvalue weighted by Crippen LogP contribution is 2.60. The molecule has 4 nitrogen and oxygen atoms in total. The SMILES string of the molecule is CCOP(=O)(OCC)[C@@H](Nc1ccc(Cl)cc1)c1ccc(Br)cc1. The first-order valence-electron chi connectivity index (χ1n) is 7.65. The number of halogens is 2. The fraction of sp³-hybridized carbons (Fsp3) is 0.294. The normalized spacial score (nSPS) is 12.8. The molecule has 0 heterocycles. The van der Waals surface area contributed by atoms with E-state index in [1.807, 2.05) is 36.4 Å². The number of anilines is 1. The molecule has 0 radical (unpaired) electrons. The summed E-state index contributed by atoms with van der Waals surface area (Å²) >= 11 is 9.35. The molecule has 1 atom stereocenters. The molecule has 0 aliphatic rings. The van der Waals surface area contributed by atoms with Crippen molar-refractivity contribution >= 4 is 40.8 Å². The van der Waals surface area contributed by atoms with Crippen LogP contribution < -0.4 is 5.32 Å². The van der Waals surface area contributed by atoms with Gasteiger partial charge in [-0.05, 0) is 55.8 Å². The van der Waals surface area contributed by atoms with Crippen molar-refractivity contribution in [3.05, 3.63) is 63.6 Å². The second-order valence-corrected chi connectivity index (χ2v) is 8.45. The van der Waals surface area contributed by atoms with Gasteiger partial charge in [0.05, 0.1) is 13.2 Å². The summed E-state index contributed by atoms with van der Waals surface area (Å²) in [4.78, 5) is 0. The van der Waals surface area contributed by atoms with E-state index in [9.17, 15) is 4.57 Å². The van der Waals surface area contributed by atoms with Crippen LogP contribution in [0, 0.1) is 0 Å². The molecular formula is C17H20BrClNO3P. The lowest BCUT2D eigenvalue weighted by molar-refractivity contribution is 0.214. The van der Waals surface area contributed by atoms with E-state index < -0.39 is 13.4 Å². The van der Waals surface area contributed by atoms with Crippen LogP contribution in [0.5, 0.6) is 0 Å². The Bertz CT molecular complexity index is 684. The highest BCUT2D eigenvalue weighted by molar-refractivity contribution is 9.10. The Kier molecular flexibility index (Phi) is 7.33. The molecular weight excluding hydrogens is 413 g/mol. The Hall–Kier alpha value is -0.840. The minimum atomic E-state index is -3.40. The van der Waals surface area contributed by atoms with Gasteiger partial charge in [-0.2, -0.15) is 0 Å². The fourth-order valence-electron chi connectivity index (χ4n) is 2.24. The average molecular weight is 433 g/mol. The lowest BCUT2D eigenvalue weighted by Gasteiger charge is -2.28. The molecule has 0 spiro atoms. The molecule has 2 rings (SSSR count). The van der Waals surface area contributed by atoms with Gasteiger partial charge in [-0.1, -0.05) is 39.7 Å². The van der Waals surface area contributed by atoms with Gasteiger partial charge in [0.15, 0.2) is 5.78 Å². The van der Waals surface area contributed by atoms with Gasteiger partial charge in [0.2, 0.25) is 0 Å². The number of hydrogen-bond acceptors (Lipinski definition) is 4. The van der Waals surface area contributed by atoms with Crippen LogP contribution in [0.15, 0.2) is 53.0 Å². The maximum Gasteiger partial charge on any atom is 0.357 e. The summed E-state index contributed by atoms with van der Waals surface area (Å²) in [6.07, 6.45) is 0. The highest BCUT2D eigenvalue weighted by atomic mass is 79.9. The predicted octanol–water partition coefficient (Wildman–Crippen LogP) is 6.48. The van der Waals surface area contributed by atoms with Crippen molar-refractivity contribution in [1.29, 1.82) is 0 Å². The van der Waals surface area contributed by atoms with Crippen molar-refractivity contribution < 1.29 is 13.6 Å². The second-order valence-electron chi connectivity index (χ2n) is 4.98. The molecule has 0 unspecified atom stereocenters. The monoisotopic (exact) mass is 431 g/mol. The molecule has 24 heavy (non-hydrogen) atoms. The van der Waals surface area contributed by atoms with Crippen molar-refractivity contribution in [2.24, 2.45) is 0 Å². The molecule has 130 valence electrons. The fourth-order valence-corrected chi connectivity index (χ4v) is 4.57. The third-order valence-electron chi connectivity index (χ3n) is 3.27. The minimum absolute atomic E-state index is 0.298. The standard InChI is InChI=1S/C17H20BrClNO3P/c1-3-22-24(21,23-4-2)17(13-5-7-14(18)8-6-13)20-16-11-9-15(19)10-12-16/h5-12,17,20H,3-4H2,1-2H3/t17-/m1/s1. The van der Waals surface area contributed by atoms with Gasteiger partial charge >= 0.3 is 7.60 Å². The Balaban J connectivity index is 2.41. The van der Waals surface area contributed by atoms with Crippen LogP contribution in [-0.2, 0) is 13.6 Å². The van der Waals surface area contributed by atoms with Crippen LogP contribution in [-0.4, -0.2) is 13.2 Å². The first-order chi connectivity index (χ1) is 11.5. The van der Waals surface area contributed by atoms with Gasteiger partial charge in [-0.25, -0.2) is 0 Å². The first kappa shape index (κ1) is 19.5. The Morgan fingerprint density at radius 1 is 1.04 bits per heavy atom. The number of benzene rings is 2. The second kappa shape index (κ2) is 9.02. The molecule has 0 aliphatic heterocycles. The summed E-state index contributed by atoms with van der Waals surface area (Å²) in [5.41, 5.74) is 1.60. The summed E-state index contributed by atoms with van der Waals surface area (Å²) in [6.45, 7) is 4.19. The van der Waals surface area contributed by atoms with Crippen LogP contribution >= 0.6 is 35.1 Å². The van der Waals surface area contributed by atoms with Gasteiger partial charge in [0.25, 0.3) is 0 Å². The molecule has 0 saturated carbocycles. The molecule has 1 N–H and O–H groups in total. The lowest BCUT2D eigenvalue weighted by Crippen LogP contribution is -2.15. The van der Waals surface area contributed by atoms with E-state index >= 15 is 0 Å². The maximum atomic E-state index is 13.3. The van der Waals surface area contributed by atoms with Crippen molar-refractivity contribution in [2.75, 3.05) is 18.5 Å². The maximum absolute atomic E-state index is 13.3. The molecule has 0 saturated heterocycles. The smallest absolute Gasteiger partial charge is 0.357 e. The summed E-state index contributed by atoms with van der Waals surface area (Å²) in [7, 11) is -3.40. The van der Waals surface area contributed by atoms with E-state index in [1.54, 1.807) is 26.0 Å². The summed E-state index contributed by atoms with van der Waals surface area (Å²) in [5.74, 6) is -0.619. The zero-order valence-corrected chi connectivity index (χ0v) is 16.8. The first-order valence-corrected chi connectivity index (χ1v) is 10.4. The van der Waals surface area contributed by atoms with Crippen LogP contribution in [0.25, 0.3) is 0 Å². The molecule has 0 aromatic heterocycles. The van der Waals surface area contributed by atoms with E-state index in [0.717, 1.165) is 15.7 Å². The van der Waals surface area contributed by atoms with Crippen molar-refractivity contribution in [3.63, 3.8) is 0 Å². The molecule has 2 aromatic carbocycles. The van der Waals surface area contributed by atoms with Gasteiger partial charge in [0, 0.05) is 15.2 Å². The molecule has 0 bridgehead atoms. The van der Waals surface area contributed by atoms with Crippen molar-refractivity contribution in [3.8, 4) is 0 Å². The minimum Gasteiger partial charge on any atom is -0.368 e. The van der Waals surface area contributed by atoms with Gasteiger partial charge in [-0.15, -0.1) is 0 Å². The summed E-state index contributed by atoms with van der Waals surface area (Å²) < 4.78 is 25.4. The molecule has 0 fully saturated rings. The summed E-state index contributed by atoms with van der Waals surface area (Å²) in [6, 6.07) is 14.8. The van der Waals surface area contributed by atoms with Crippen molar-refractivity contribution in [1.82, 2.24) is 0 Å². The van der Waals surface area contributed by atoms with E-state index in [0.29, 0.717) is 18.2 Å². The molecule has 2 aromatic rings. The van der Waals surface area contributed by atoms with Crippen LogP contribution in [0.3, 0.4) is 0 Å². The third kappa shape index (κ3) is 5.08. The van der Waals surface area contributed by atoms with Gasteiger partial charge in [0.1, 0.15) is 0 Å². The lowest BCUT2D eigenvalue weighted by atomic mass is 10.2. The van der Waals surface area contributed by atoms with Crippen LogP contribution in [0.4, 0.5) is 5.69 Å². The molecule has 0 aliphatic carbocycles. The predicted molar refractivity (Wildman–Crippen MR) is 103 cm³/mol. The number of nitrogens with one attached hydrogen (secondary N) is 1. The van der Waals surface area contributed by atoms with Crippen LogP contribution in [0.2, 0.25) is 5.02 Å². The van der Waals surface area contributed by atoms with Crippen molar-refractivity contribution in [2.45, 2.75) is 19.6 Å². The topological polar surface area (TPSA) is 47.6 Å². The summed E-state index contributed by atoms with van der Waals surface area (Å²) in [5, 5.41) is 3.90. The van der Waals surface area contributed by atoms with E-state index in [2.05, 4.69) is 21.2 Å². The number of hydrogen-bond donors (Lipinski definition) is 1. The largest absolute Gasteiger partial charge is 0.368 e. The zero-order chi connectivity index (χ0) is 17.6. The number of rotatable bonds is 8. The van der Waals surface area contributed by atoms with Gasteiger partial charge < -0.3 is 14.4 Å². The third-order valence-corrected chi connectivity index (χ3v) is 6.34. The Labute approximate surface area is 156 Å². The Morgan fingerprint density at radius 3 is 2.08 bits per heavy atom. The van der Waals surface area contributed by atoms with E-state index in [4.69, 9.17) is 20.6 Å². The Morgan fingerprint density at radius 2 is 1.58 bits per heavy atom. The van der Waals surface area contributed by atoms with Crippen LogP contribution in [0.1, 0.15) is 25.2 Å². The van der Waals surface area contributed by atoms with E-state index in [-0.39, 0.29) is 0 Å². The average Bonchev–Trinajstić information content (AvgIpc) is 2.56.